The van der Waals surface area contributed by atoms with E-state index in [1.165, 1.54) is 49.9 Å². The monoisotopic (exact) mass is 487 g/mol. The Bertz CT molecular complexity index is 1080. The first kappa shape index (κ1) is 22.9. The molecule has 0 unspecified atom stereocenters. The molecular weight excluding hydrogens is 454 g/mol. The molecule has 1 fully saturated rings. The van der Waals surface area contributed by atoms with Crippen molar-refractivity contribution in [2.45, 2.75) is 90.3 Å². The van der Waals surface area contributed by atoms with Crippen LogP contribution in [0.15, 0.2) is 0 Å². The summed E-state index contributed by atoms with van der Waals surface area (Å²) < 4.78 is 5.69. The van der Waals surface area contributed by atoms with Gasteiger partial charge in [-0.25, -0.2) is 9.59 Å². The maximum absolute atomic E-state index is 13.0. The third-order valence-electron chi connectivity index (χ3n) is 6.44. The van der Waals surface area contributed by atoms with Crippen LogP contribution in [0, 0.1) is 0 Å². The highest BCUT2D eigenvalue weighted by Gasteiger charge is 2.32. The van der Waals surface area contributed by atoms with E-state index in [0.717, 1.165) is 50.8 Å². The van der Waals surface area contributed by atoms with Crippen molar-refractivity contribution in [2.75, 3.05) is 11.9 Å². The van der Waals surface area contributed by atoms with Crippen LogP contribution in [0.2, 0.25) is 0 Å². The lowest BCUT2D eigenvalue weighted by Crippen LogP contribution is -2.30. The number of hydrogen-bond acceptors (Lipinski definition) is 6. The number of carbonyl (C=O) groups excluding carboxylic acids is 2. The second kappa shape index (κ2) is 9.04. The fourth-order valence-electron chi connectivity index (χ4n) is 4.81. The number of amides is 2. The molecule has 1 aliphatic heterocycles. The number of hydrogen-bond donors (Lipinski definition) is 3. The van der Waals surface area contributed by atoms with Crippen LogP contribution in [0.3, 0.4) is 0 Å². The van der Waals surface area contributed by atoms with Crippen LogP contribution in [-0.2, 0) is 37.1 Å². The van der Waals surface area contributed by atoms with Crippen LogP contribution in [0.4, 0.5) is 9.80 Å². The van der Waals surface area contributed by atoms with Gasteiger partial charge in [0.1, 0.15) is 10.6 Å². The highest BCUT2D eigenvalue weighted by molar-refractivity contribution is 7.17. The van der Waals surface area contributed by atoms with Gasteiger partial charge in [0, 0.05) is 27.7 Å². The molecule has 33 heavy (non-hydrogen) atoms. The summed E-state index contributed by atoms with van der Waals surface area (Å²) >= 11 is 3.45. The van der Waals surface area contributed by atoms with Crippen molar-refractivity contribution in [3.05, 3.63) is 36.9 Å². The minimum atomic E-state index is -0.577. The van der Waals surface area contributed by atoms with E-state index in [-0.39, 0.29) is 12.0 Å². The molecule has 2 aromatic rings. The number of carbonyl (C=O) groups is 2. The molecule has 3 aliphatic rings. The molecule has 5 rings (SSSR count). The van der Waals surface area contributed by atoms with Gasteiger partial charge < -0.3 is 15.4 Å². The van der Waals surface area contributed by atoms with Crippen LogP contribution in [0.25, 0.3) is 0 Å². The molecule has 1 saturated carbocycles. The van der Waals surface area contributed by atoms with Gasteiger partial charge in [-0.1, -0.05) is 0 Å². The largest absolute Gasteiger partial charge is 0.456 e. The molecule has 2 aliphatic carbocycles. The van der Waals surface area contributed by atoms with E-state index in [9.17, 15) is 9.59 Å². The predicted molar refractivity (Wildman–Crippen MR) is 134 cm³/mol. The lowest BCUT2D eigenvalue weighted by molar-refractivity contribution is 0.00699. The van der Waals surface area contributed by atoms with Gasteiger partial charge in [-0.2, -0.15) is 0 Å². The summed E-state index contributed by atoms with van der Waals surface area (Å²) in [5.41, 5.74) is 3.80. The average molecular weight is 488 g/mol. The molecule has 3 heterocycles. The van der Waals surface area contributed by atoms with Gasteiger partial charge in [0.2, 0.25) is 0 Å². The molecule has 0 aromatic carbocycles. The van der Waals surface area contributed by atoms with Crippen LogP contribution in [0.1, 0.15) is 94.1 Å². The molecule has 6 nitrogen and oxygen atoms in total. The third kappa shape index (κ3) is 4.98. The Morgan fingerprint density at radius 2 is 1.85 bits per heavy atom. The molecule has 8 heteroatoms. The number of urea groups is 1. The molecule has 0 radical (unpaired) electrons. The summed E-state index contributed by atoms with van der Waals surface area (Å²) in [5, 5.41) is 10.2. The fraction of sp³-hybridized carbons (Fsp3) is 0.600. The minimum Gasteiger partial charge on any atom is -0.456 e. The van der Waals surface area contributed by atoms with Crippen molar-refractivity contribution in [1.82, 2.24) is 10.6 Å². The van der Waals surface area contributed by atoms with E-state index in [1.54, 1.807) is 0 Å². The number of rotatable bonds is 5. The quantitative estimate of drug-likeness (QED) is 0.488. The van der Waals surface area contributed by atoms with Gasteiger partial charge in [0.25, 0.3) is 0 Å². The zero-order valence-corrected chi connectivity index (χ0v) is 21.3. The van der Waals surface area contributed by atoms with E-state index in [1.807, 2.05) is 32.1 Å². The first-order valence-electron chi connectivity index (χ1n) is 12.1. The number of anilines is 1. The van der Waals surface area contributed by atoms with Crippen LogP contribution in [-0.4, -0.2) is 24.1 Å². The standard InChI is InChI=1S/C25H33N3O3S2/c1-25(2,3)31-23(29)20-16-6-4-5-7-18(16)33-22(20)28-24(30)27-12-17-15-10-11-26-13-19(15)32-21(17)14-8-9-14/h14,26H,4-13H2,1-3H3,(H2,27,28,30). The molecular formula is C25H33N3O3S2. The molecule has 2 amide bonds. The number of nitrogens with one attached hydrogen (secondary N) is 3. The first-order chi connectivity index (χ1) is 15.8. The topological polar surface area (TPSA) is 79.5 Å². The van der Waals surface area contributed by atoms with Crippen LogP contribution in [0.5, 0.6) is 0 Å². The summed E-state index contributed by atoms with van der Waals surface area (Å²) in [5.74, 6) is 0.330. The van der Waals surface area contributed by atoms with E-state index < -0.39 is 5.60 Å². The maximum Gasteiger partial charge on any atom is 0.341 e. The molecule has 2 aromatic heterocycles. The number of esters is 1. The molecule has 0 atom stereocenters. The lowest BCUT2D eigenvalue weighted by atomic mass is 9.95. The first-order valence-corrected chi connectivity index (χ1v) is 13.7. The number of fused-ring (bicyclic) bond motifs is 2. The normalized spacial score (nSPS) is 17.8. The van der Waals surface area contributed by atoms with Crippen molar-refractivity contribution >= 4 is 39.7 Å². The Morgan fingerprint density at radius 1 is 1.06 bits per heavy atom. The van der Waals surface area contributed by atoms with Gasteiger partial charge in [0.05, 0.1) is 5.56 Å². The second-order valence-electron chi connectivity index (χ2n) is 10.3. The van der Waals surface area contributed by atoms with Crippen molar-refractivity contribution < 1.29 is 14.3 Å². The van der Waals surface area contributed by atoms with E-state index >= 15 is 0 Å². The van der Waals surface area contributed by atoms with E-state index in [4.69, 9.17) is 4.74 Å². The Hall–Kier alpha value is -1.90. The third-order valence-corrected chi connectivity index (χ3v) is 9.09. The number of aryl methyl sites for hydroxylation is 1. The summed E-state index contributed by atoms with van der Waals surface area (Å²) in [6.45, 7) is 8.09. The second-order valence-corrected chi connectivity index (χ2v) is 12.5. The number of thiophene rings is 2. The molecule has 0 spiro atoms. The molecule has 0 bridgehead atoms. The lowest BCUT2D eigenvalue weighted by Gasteiger charge is -2.21. The Morgan fingerprint density at radius 3 is 2.61 bits per heavy atom. The summed E-state index contributed by atoms with van der Waals surface area (Å²) in [7, 11) is 0. The van der Waals surface area contributed by atoms with Crippen LogP contribution >= 0.6 is 22.7 Å². The SMILES string of the molecule is CC(C)(C)OC(=O)c1c(NC(=O)NCc2c(C3CC3)sc3c2CCNC3)sc2c1CCCC2. The van der Waals surface area contributed by atoms with E-state index in [2.05, 4.69) is 16.0 Å². The zero-order valence-electron chi connectivity index (χ0n) is 19.7. The summed E-state index contributed by atoms with van der Waals surface area (Å²) in [6, 6.07) is -0.256. The Kier molecular flexibility index (Phi) is 6.27. The minimum absolute atomic E-state index is 0.256. The van der Waals surface area contributed by atoms with Crippen molar-refractivity contribution in [1.29, 1.82) is 0 Å². The average Bonchev–Trinajstić information content (AvgIpc) is 3.44. The summed E-state index contributed by atoms with van der Waals surface area (Å²) in [6.07, 6.45) is 7.54. The Labute approximate surface area is 203 Å². The molecule has 3 N–H and O–H groups in total. The highest BCUT2D eigenvalue weighted by Crippen LogP contribution is 2.47. The highest BCUT2D eigenvalue weighted by atomic mass is 32.1. The van der Waals surface area contributed by atoms with Gasteiger partial charge in [-0.3, -0.25) is 5.32 Å². The zero-order chi connectivity index (χ0) is 23.2. The van der Waals surface area contributed by atoms with Crippen molar-refractivity contribution in [3.8, 4) is 0 Å². The smallest absolute Gasteiger partial charge is 0.341 e. The fourth-order valence-corrected chi connectivity index (χ4v) is 7.59. The van der Waals surface area contributed by atoms with Gasteiger partial charge in [-0.15, -0.1) is 22.7 Å². The van der Waals surface area contributed by atoms with Gasteiger partial charge >= 0.3 is 12.0 Å². The number of ether oxygens (including phenoxy) is 1. The maximum atomic E-state index is 13.0. The van der Waals surface area contributed by atoms with Crippen LogP contribution < -0.4 is 16.0 Å². The van der Waals surface area contributed by atoms with Crippen molar-refractivity contribution in [3.63, 3.8) is 0 Å². The Balaban J connectivity index is 1.33. The van der Waals surface area contributed by atoms with Gasteiger partial charge in [0.15, 0.2) is 0 Å². The van der Waals surface area contributed by atoms with Gasteiger partial charge in [-0.05, 0) is 94.9 Å². The summed E-state index contributed by atoms with van der Waals surface area (Å²) in [4.78, 5) is 30.1. The van der Waals surface area contributed by atoms with E-state index in [0.29, 0.717) is 23.0 Å². The molecule has 178 valence electrons. The predicted octanol–water partition coefficient (Wildman–Crippen LogP) is 5.49. The molecule has 0 saturated heterocycles. The van der Waals surface area contributed by atoms with Crippen molar-refractivity contribution in [2.24, 2.45) is 0 Å².